The van der Waals surface area contributed by atoms with E-state index in [4.69, 9.17) is 11.6 Å². The van der Waals surface area contributed by atoms with Crippen LogP contribution in [0.5, 0.6) is 0 Å². The van der Waals surface area contributed by atoms with Crippen molar-refractivity contribution < 1.29 is 9.72 Å². The number of non-ortho nitro benzene ring substituents is 1. The Kier molecular flexibility index (Phi) is 6.01. The van der Waals surface area contributed by atoms with Crippen LogP contribution in [-0.2, 0) is 4.79 Å². The van der Waals surface area contributed by atoms with E-state index in [1.54, 1.807) is 6.07 Å². The van der Waals surface area contributed by atoms with E-state index in [-0.39, 0.29) is 17.6 Å². The van der Waals surface area contributed by atoms with Crippen molar-refractivity contribution >= 4 is 28.9 Å². The normalized spacial score (nSPS) is 15.6. The lowest BCUT2D eigenvalue weighted by atomic mass is 10.1. The molecule has 0 atom stereocenters. The van der Waals surface area contributed by atoms with Gasteiger partial charge in [-0.3, -0.25) is 19.8 Å². The van der Waals surface area contributed by atoms with Crippen molar-refractivity contribution in [3.05, 3.63) is 32.8 Å². The molecule has 0 unspecified atom stereocenters. The molecule has 0 aliphatic carbocycles. The van der Waals surface area contributed by atoms with Crippen LogP contribution in [-0.4, -0.2) is 54.5 Å². The van der Waals surface area contributed by atoms with Gasteiger partial charge in [-0.05, 0) is 26.3 Å². The van der Waals surface area contributed by atoms with Gasteiger partial charge >= 0.3 is 0 Å². The summed E-state index contributed by atoms with van der Waals surface area (Å²) in [6, 6.07) is 3.08. The van der Waals surface area contributed by atoms with Crippen LogP contribution in [0, 0.1) is 17.0 Å². The maximum atomic E-state index is 11.8. The molecule has 0 saturated carbocycles. The number of anilines is 1. The average Bonchev–Trinajstić information content (AvgIpc) is 2.47. The third-order valence-corrected chi connectivity index (χ3v) is 4.24. The number of hydrogen-bond acceptors (Lipinski definition) is 5. The van der Waals surface area contributed by atoms with Gasteiger partial charge in [0, 0.05) is 44.4 Å². The molecule has 0 aromatic heterocycles. The number of rotatable bonds is 5. The highest BCUT2D eigenvalue weighted by molar-refractivity contribution is 6.33. The zero-order valence-electron chi connectivity index (χ0n) is 14.2. The number of benzene rings is 1. The highest BCUT2D eigenvalue weighted by atomic mass is 35.5. The van der Waals surface area contributed by atoms with Gasteiger partial charge in [0.15, 0.2) is 0 Å². The summed E-state index contributed by atoms with van der Waals surface area (Å²) in [5.74, 6) is 0.0306. The summed E-state index contributed by atoms with van der Waals surface area (Å²) in [5, 5.41) is 14.2. The highest BCUT2D eigenvalue weighted by Crippen LogP contribution is 2.34. The quantitative estimate of drug-likeness (QED) is 0.647. The maximum Gasteiger partial charge on any atom is 0.271 e. The first kappa shape index (κ1) is 18.5. The molecule has 1 amide bonds. The largest absolute Gasteiger partial charge is 0.368 e. The van der Waals surface area contributed by atoms with Crippen molar-refractivity contribution in [3.63, 3.8) is 0 Å². The van der Waals surface area contributed by atoms with Crippen LogP contribution in [0.25, 0.3) is 0 Å². The maximum absolute atomic E-state index is 11.8. The Balaban J connectivity index is 2.00. The fourth-order valence-corrected chi connectivity index (χ4v) is 3.30. The summed E-state index contributed by atoms with van der Waals surface area (Å²) in [4.78, 5) is 26.5. The lowest BCUT2D eigenvalue weighted by Crippen LogP contribution is -2.50. The molecule has 1 aliphatic rings. The Morgan fingerprint density at radius 3 is 2.46 bits per heavy atom. The van der Waals surface area contributed by atoms with Gasteiger partial charge in [-0.1, -0.05) is 11.6 Å². The summed E-state index contributed by atoms with van der Waals surface area (Å²) in [7, 11) is 0. The molecule has 1 aliphatic heterocycles. The number of aryl methyl sites for hydroxylation is 1. The molecule has 132 valence electrons. The Labute approximate surface area is 146 Å². The summed E-state index contributed by atoms with van der Waals surface area (Å²) in [6.07, 6.45) is 0. The third kappa shape index (κ3) is 4.58. The van der Waals surface area contributed by atoms with Crippen molar-refractivity contribution in [3.8, 4) is 0 Å². The smallest absolute Gasteiger partial charge is 0.271 e. The lowest BCUT2D eigenvalue weighted by molar-refractivity contribution is -0.384. The first-order chi connectivity index (χ1) is 11.3. The minimum Gasteiger partial charge on any atom is -0.368 e. The number of piperazine rings is 1. The third-order valence-electron chi connectivity index (χ3n) is 3.95. The van der Waals surface area contributed by atoms with E-state index in [1.807, 2.05) is 20.8 Å². The van der Waals surface area contributed by atoms with Crippen molar-refractivity contribution in [2.24, 2.45) is 0 Å². The van der Waals surface area contributed by atoms with E-state index in [9.17, 15) is 14.9 Å². The van der Waals surface area contributed by atoms with Gasteiger partial charge in [0.05, 0.1) is 22.2 Å². The molecule has 0 spiro atoms. The molecule has 1 N–H and O–H groups in total. The van der Waals surface area contributed by atoms with E-state index in [2.05, 4.69) is 15.1 Å². The van der Waals surface area contributed by atoms with Crippen molar-refractivity contribution in [2.75, 3.05) is 37.6 Å². The van der Waals surface area contributed by atoms with E-state index in [0.717, 1.165) is 37.4 Å². The van der Waals surface area contributed by atoms with Gasteiger partial charge in [-0.15, -0.1) is 0 Å². The van der Waals surface area contributed by atoms with Crippen LogP contribution in [0.3, 0.4) is 0 Å². The topological polar surface area (TPSA) is 78.7 Å². The predicted molar refractivity (Wildman–Crippen MR) is 94.8 cm³/mol. The van der Waals surface area contributed by atoms with Gasteiger partial charge in [-0.25, -0.2) is 0 Å². The van der Waals surface area contributed by atoms with E-state index in [1.165, 1.54) is 6.07 Å². The second-order valence-corrected chi connectivity index (χ2v) is 6.74. The standard InChI is InChI=1S/C16H23ClN4O3/c1-11(2)18-15(22)10-19-4-6-20(7-5-19)16-12(3)8-13(21(23)24)9-14(16)17/h8-9,11H,4-7,10H2,1-3H3,(H,18,22). The number of nitrogens with zero attached hydrogens (tertiary/aromatic N) is 3. The number of amides is 1. The number of nitro groups is 1. The monoisotopic (exact) mass is 354 g/mol. The Morgan fingerprint density at radius 1 is 1.33 bits per heavy atom. The van der Waals surface area contributed by atoms with Gasteiger partial charge in [0.1, 0.15) is 0 Å². The van der Waals surface area contributed by atoms with Gasteiger partial charge in [-0.2, -0.15) is 0 Å². The van der Waals surface area contributed by atoms with Crippen molar-refractivity contribution in [1.82, 2.24) is 10.2 Å². The molecule has 1 saturated heterocycles. The molecule has 1 fully saturated rings. The summed E-state index contributed by atoms with van der Waals surface area (Å²) in [6.45, 7) is 9.05. The molecule has 0 bridgehead atoms. The summed E-state index contributed by atoms with van der Waals surface area (Å²) in [5.41, 5.74) is 1.64. The van der Waals surface area contributed by atoms with E-state index >= 15 is 0 Å². The SMILES string of the molecule is Cc1cc([N+](=O)[O-])cc(Cl)c1N1CCN(CC(=O)NC(C)C)CC1. The molecule has 8 heteroatoms. The second kappa shape index (κ2) is 7.81. The molecule has 7 nitrogen and oxygen atoms in total. The fraction of sp³-hybridized carbons (Fsp3) is 0.562. The minimum atomic E-state index is -0.437. The second-order valence-electron chi connectivity index (χ2n) is 6.34. The molecule has 1 aromatic carbocycles. The minimum absolute atomic E-state index is 0.00485. The number of nitro benzene ring substituents is 1. The van der Waals surface area contributed by atoms with Crippen LogP contribution >= 0.6 is 11.6 Å². The van der Waals surface area contributed by atoms with E-state index < -0.39 is 4.92 Å². The number of hydrogen-bond donors (Lipinski definition) is 1. The van der Waals surface area contributed by atoms with E-state index in [0.29, 0.717) is 11.6 Å². The van der Waals surface area contributed by atoms with Crippen LogP contribution in [0.1, 0.15) is 19.4 Å². The number of halogens is 1. The average molecular weight is 355 g/mol. The zero-order valence-corrected chi connectivity index (χ0v) is 15.0. The first-order valence-corrected chi connectivity index (χ1v) is 8.37. The molecule has 1 heterocycles. The van der Waals surface area contributed by atoms with Gasteiger partial charge < -0.3 is 10.2 Å². The molecule has 2 rings (SSSR count). The Morgan fingerprint density at radius 2 is 1.96 bits per heavy atom. The summed E-state index contributed by atoms with van der Waals surface area (Å²) >= 11 is 6.27. The van der Waals surface area contributed by atoms with Crippen LogP contribution < -0.4 is 10.2 Å². The Hall–Kier alpha value is -1.86. The van der Waals surface area contributed by atoms with Crippen LogP contribution in [0.2, 0.25) is 5.02 Å². The van der Waals surface area contributed by atoms with Crippen LogP contribution in [0.15, 0.2) is 12.1 Å². The Bertz CT molecular complexity index is 605. The molecular weight excluding hydrogens is 332 g/mol. The van der Waals surface area contributed by atoms with Crippen LogP contribution in [0.4, 0.5) is 11.4 Å². The van der Waals surface area contributed by atoms with Gasteiger partial charge in [0.2, 0.25) is 5.91 Å². The summed E-state index contributed by atoms with van der Waals surface area (Å²) < 4.78 is 0. The van der Waals surface area contributed by atoms with Crippen molar-refractivity contribution in [2.45, 2.75) is 26.8 Å². The lowest BCUT2D eigenvalue weighted by Gasteiger charge is -2.36. The fourth-order valence-electron chi connectivity index (χ4n) is 2.92. The molecule has 24 heavy (non-hydrogen) atoms. The highest BCUT2D eigenvalue weighted by Gasteiger charge is 2.23. The molecule has 1 aromatic rings. The van der Waals surface area contributed by atoms with Crippen molar-refractivity contribution in [1.29, 1.82) is 0 Å². The zero-order chi connectivity index (χ0) is 17.9. The molecule has 0 radical (unpaired) electrons. The number of carbonyl (C=O) groups is 1. The first-order valence-electron chi connectivity index (χ1n) is 7.99. The molecular formula is C16H23ClN4O3. The predicted octanol–water partition coefficient (Wildman–Crippen LogP) is 2.20. The number of carbonyl (C=O) groups excluding carboxylic acids is 1. The van der Waals surface area contributed by atoms with Gasteiger partial charge in [0.25, 0.3) is 5.69 Å². The number of nitrogens with one attached hydrogen (secondary N) is 1.